The molecule has 3 aromatic carbocycles. The van der Waals surface area contributed by atoms with E-state index < -0.39 is 27.4 Å². The summed E-state index contributed by atoms with van der Waals surface area (Å²) < 4.78 is 40.3. The molecular formula is C32H39ClFN3O4S. The minimum atomic E-state index is -3.67. The zero-order valence-electron chi connectivity index (χ0n) is 24.7. The summed E-state index contributed by atoms with van der Waals surface area (Å²) in [4.78, 5) is 29.1. The molecule has 0 aromatic heterocycles. The number of rotatable bonds is 12. The number of hydrogen-bond acceptors (Lipinski definition) is 4. The molecule has 0 aliphatic rings. The van der Waals surface area contributed by atoms with Gasteiger partial charge in [-0.3, -0.25) is 13.9 Å². The Kier molecular flexibility index (Phi) is 11.2. The fourth-order valence-corrected chi connectivity index (χ4v) is 5.83. The average Bonchev–Trinajstić information content (AvgIpc) is 2.90. The number of carbonyl (C=O) groups is 2. The molecule has 0 aliphatic carbocycles. The van der Waals surface area contributed by atoms with Crippen LogP contribution in [0.1, 0.15) is 50.3 Å². The van der Waals surface area contributed by atoms with Crippen LogP contribution in [0.5, 0.6) is 0 Å². The number of nitrogens with one attached hydrogen (secondary N) is 1. The second kappa shape index (κ2) is 14.2. The highest BCUT2D eigenvalue weighted by Crippen LogP contribution is 2.28. The second-order valence-electron chi connectivity index (χ2n) is 11.4. The number of benzene rings is 3. The Bertz CT molecular complexity index is 1480. The van der Waals surface area contributed by atoms with Crippen molar-refractivity contribution in [3.8, 4) is 0 Å². The number of carbonyl (C=O) groups excluding carboxylic acids is 2. The van der Waals surface area contributed by atoms with Crippen LogP contribution in [0.2, 0.25) is 5.02 Å². The van der Waals surface area contributed by atoms with Gasteiger partial charge in [0.05, 0.1) is 11.9 Å². The fraction of sp³-hybridized carbons (Fsp3) is 0.375. The Balaban J connectivity index is 1.92. The van der Waals surface area contributed by atoms with E-state index in [1.165, 1.54) is 21.3 Å². The zero-order chi connectivity index (χ0) is 31.1. The first kappa shape index (κ1) is 33.1. The summed E-state index contributed by atoms with van der Waals surface area (Å²) in [5.74, 6) is -1.03. The van der Waals surface area contributed by atoms with E-state index in [4.69, 9.17) is 11.6 Å². The van der Waals surface area contributed by atoms with Gasteiger partial charge in [-0.15, -0.1) is 0 Å². The molecule has 1 unspecified atom stereocenters. The SMILES string of the molecule is Cc1c(Cl)cccc1N(CCCC(=O)N(Cc1ccc(F)cc1)C(Cc1ccccc1)C(=O)NC(C)(C)C)S(C)(=O)=O. The summed E-state index contributed by atoms with van der Waals surface area (Å²) in [6, 6.07) is 19.4. The van der Waals surface area contributed by atoms with E-state index in [-0.39, 0.29) is 44.2 Å². The molecule has 3 aromatic rings. The average molecular weight is 616 g/mol. The maximum atomic E-state index is 13.9. The molecule has 0 fully saturated rings. The summed E-state index contributed by atoms with van der Waals surface area (Å²) >= 11 is 6.25. The first-order chi connectivity index (χ1) is 19.7. The van der Waals surface area contributed by atoms with E-state index in [1.54, 1.807) is 37.3 Å². The quantitative estimate of drug-likeness (QED) is 0.275. The van der Waals surface area contributed by atoms with Gasteiger partial charge in [0.1, 0.15) is 11.9 Å². The molecule has 0 saturated heterocycles. The van der Waals surface area contributed by atoms with Crippen LogP contribution in [0.25, 0.3) is 0 Å². The van der Waals surface area contributed by atoms with E-state index in [0.717, 1.165) is 11.8 Å². The third-order valence-electron chi connectivity index (χ3n) is 6.70. The molecule has 2 amide bonds. The van der Waals surface area contributed by atoms with E-state index in [2.05, 4.69) is 5.32 Å². The molecule has 0 radical (unpaired) electrons. The third kappa shape index (κ3) is 9.56. The molecule has 0 spiro atoms. The number of amides is 2. The van der Waals surface area contributed by atoms with Crippen LogP contribution in [-0.4, -0.2) is 49.5 Å². The van der Waals surface area contributed by atoms with Crippen LogP contribution in [0.4, 0.5) is 10.1 Å². The highest BCUT2D eigenvalue weighted by molar-refractivity contribution is 7.92. The standard InChI is InChI=1S/C32H39ClFN3O4S/c1-23-27(33)13-9-14-28(23)37(42(5,40)41)20-10-15-30(38)36(22-25-16-18-26(34)19-17-25)29(31(39)35-32(2,3)4)21-24-11-7-6-8-12-24/h6-9,11-14,16-19,29H,10,15,20-22H2,1-5H3,(H,35,39). The normalized spacial score (nSPS) is 12.5. The molecule has 42 heavy (non-hydrogen) atoms. The number of nitrogens with zero attached hydrogens (tertiary/aromatic N) is 2. The topological polar surface area (TPSA) is 86.8 Å². The number of halogens is 2. The van der Waals surface area contributed by atoms with Gasteiger partial charge in [0.25, 0.3) is 0 Å². The van der Waals surface area contributed by atoms with Gasteiger partial charge in [-0.05, 0) is 75.1 Å². The molecular weight excluding hydrogens is 577 g/mol. The maximum Gasteiger partial charge on any atom is 0.243 e. The number of anilines is 1. The largest absolute Gasteiger partial charge is 0.350 e. The molecule has 0 bridgehead atoms. The summed E-state index contributed by atoms with van der Waals surface area (Å²) in [7, 11) is -3.67. The van der Waals surface area contributed by atoms with Gasteiger partial charge in [0.2, 0.25) is 21.8 Å². The zero-order valence-corrected chi connectivity index (χ0v) is 26.3. The monoisotopic (exact) mass is 615 g/mol. The van der Waals surface area contributed by atoms with E-state index >= 15 is 0 Å². The molecule has 7 nitrogen and oxygen atoms in total. The van der Waals surface area contributed by atoms with Crippen LogP contribution in [0.15, 0.2) is 72.8 Å². The van der Waals surface area contributed by atoms with Gasteiger partial charge in [-0.25, -0.2) is 12.8 Å². The van der Waals surface area contributed by atoms with Crippen LogP contribution < -0.4 is 9.62 Å². The Hall–Kier alpha value is -3.43. The lowest BCUT2D eigenvalue weighted by molar-refractivity contribution is -0.142. The van der Waals surface area contributed by atoms with Crippen molar-refractivity contribution >= 4 is 39.1 Å². The first-order valence-corrected chi connectivity index (χ1v) is 16.0. The van der Waals surface area contributed by atoms with E-state index in [1.807, 2.05) is 51.1 Å². The Morgan fingerprint density at radius 2 is 1.60 bits per heavy atom. The van der Waals surface area contributed by atoms with Crippen LogP contribution in [0.3, 0.4) is 0 Å². The van der Waals surface area contributed by atoms with E-state index in [9.17, 15) is 22.4 Å². The van der Waals surface area contributed by atoms with Gasteiger partial charge in [0.15, 0.2) is 0 Å². The minimum absolute atomic E-state index is 0.0130. The van der Waals surface area contributed by atoms with Crippen LogP contribution in [0, 0.1) is 12.7 Å². The molecule has 0 heterocycles. The van der Waals surface area contributed by atoms with Crippen molar-refractivity contribution in [2.24, 2.45) is 0 Å². The van der Waals surface area contributed by atoms with Gasteiger partial charge in [-0.2, -0.15) is 0 Å². The first-order valence-electron chi connectivity index (χ1n) is 13.8. The van der Waals surface area contributed by atoms with Crippen molar-refractivity contribution < 1.29 is 22.4 Å². The second-order valence-corrected chi connectivity index (χ2v) is 13.7. The molecule has 1 N–H and O–H groups in total. The van der Waals surface area contributed by atoms with Gasteiger partial charge in [0, 0.05) is 36.5 Å². The summed E-state index contributed by atoms with van der Waals surface area (Å²) in [5.41, 5.74) is 2.08. The van der Waals surface area contributed by atoms with Crippen LogP contribution >= 0.6 is 11.6 Å². The lowest BCUT2D eigenvalue weighted by Gasteiger charge is -2.34. The third-order valence-corrected chi connectivity index (χ3v) is 8.28. The maximum absolute atomic E-state index is 13.9. The summed E-state index contributed by atoms with van der Waals surface area (Å²) in [6.07, 6.45) is 1.58. The highest BCUT2D eigenvalue weighted by atomic mass is 35.5. The fourth-order valence-electron chi connectivity index (χ4n) is 4.64. The lowest BCUT2D eigenvalue weighted by Crippen LogP contribution is -2.54. The molecule has 3 rings (SSSR count). The Labute approximate surface area is 253 Å². The van der Waals surface area contributed by atoms with E-state index in [0.29, 0.717) is 21.8 Å². The van der Waals surface area contributed by atoms with Gasteiger partial charge >= 0.3 is 0 Å². The van der Waals surface area contributed by atoms with Crippen molar-refractivity contribution in [3.63, 3.8) is 0 Å². The molecule has 0 saturated carbocycles. The van der Waals surface area contributed by atoms with Crippen molar-refractivity contribution in [2.75, 3.05) is 17.1 Å². The lowest BCUT2D eigenvalue weighted by atomic mass is 10.00. The minimum Gasteiger partial charge on any atom is -0.350 e. The van der Waals surface area contributed by atoms with Gasteiger partial charge in [-0.1, -0.05) is 60.1 Å². The molecule has 1 atom stereocenters. The summed E-state index contributed by atoms with van der Waals surface area (Å²) in [6.45, 7) is 7.48. The highest BCUT2D eigenvalue weighted by Gasteiger charge is 2.32. The predicted molar refractivity (Wildman–Crippen MR) is 166 cm³/mol. The smallest absolute Gasteiger partial charge is 0.243 e. The van der Waals surface area contributed by atoms with Crippen LogP contribution in [-0.2, 0) is 32.6 Å². The number of sulfonamides is 1. The summed E-state index contributed by atoms with van der Waals surface area (Å²) in [5, 5.41) is 3.45. The van der Waals surface area contributed by atoms with Gasteiger partial charge < -0.3 is 10.2 Å². The molecule has 10 heteroatoms. The number of hydrogen-bond donors (Lipinski definition) is 1. The molecule has 226 valence electrons. The van der Waals surface area contributed by atoms with Crippen molar-refractivity contribution in [1.29, 1.82) is 0 Å². The molecule has 0 aliphatic heterocycles. The van der Waals surface area contributed by atoms with Crippen molar-refractivity contribution in [3.05, 3.63) is 100 Å². The Morgan fingerprint density at radius 1 is 0.952 bits per heavy atom. The van der Waals surface area contributed by atoms with Crippen molar-refractivity contribution in [1.82, 2.24) is 10.2 Å². The van der Waals surface area contributed by atoms with Crippen molar-refractivity contribution in [2.45, 2.75) is 65.1 Å². The Morgan fingerprint density at radius 3 is 2.19 bits per heavy atom. The predicted octanol–water partition coefficient (Wildman–Crippen LogP) is 5.89.